The molecule has 0 radical (unpaired) electrons. The van der Waals surface area contributed by atoms with Crippen LogP contribution >= 0.6 is 23.6 Å². The first-order valence-corrected chi connectivity index (χ1v) is 4.62. The maximum absolute atomic E-state index is 4.91. The second-order valence-corrected chi connectivity index (χ2v) is 4.24. The molecule has 0 spiro atoms. The molecule has 3 nitrogen and oxygen atoms in total. The van der Waals surface area contributed by atoms with Gasteiger partial charge < -0.3 is 4.90 Å². The van der Waals surface area contributed by atoms with Gasteiger partial charge >= 0.3 is 0 Å². The Morgan fingerprint density at radius 1 is 1.64 bits per heavy atom. The van der Waals surface area contributed by atoms with Crippen molar-refractivity contribution in [1.29, 1.82) is 0 Å². The molecule has 11 heavy (non-hydrogen) atoms. The molecule has 0 aliphatic rings. The van der Waals surface area contributed by atoms with Crippen molar-refractivity contribution in [2.45, 2.75) is 19.9 Å². The normalized spacial score (nSPS) is 10.5. The molecule has 1 aromatic rings. The molecule has 0 unspecified atom stereocenters. The van der Waals surface area contributed by atoms with Crippen LogP contribution in [0.2, 0.25) is 0 Å². The first-order valence-electron chi connectivity index (χ1n) is 3.39. The molecular formula is C6H11N3S2. The summed E-state index contributed by atoms with van der Waals surface area (Å²) in [5.41, 5.74) is 0. The number of H-pyrrole nitrogens is 1. The molecule has 0 atom stereocenters. The lowest BCUT2D eigenvalue weighted by Crippen LogP contribution is -2.25. The smallest absolute Gasteiger partial charge is 0.206 e. The van der Waals surface area contributed by atoms with Crippen LogP contribution < -0.4 is 4.90 Å². The Bertz CT molecular complexity index is 275. The van der Waals surface area contributed by atoms with Gasteiger partial charge in [-0.3, -0.25) is 5.10 Å². The Labute approximate surface area is 75.1 Å². The molecule has 5 heteroatoms. The maximum atomic E-state index is 4.91. The van der Waals surface area contributed by atoms with E-state index in [1.807, 2.05) is 7.05 Å². The van der Waals surface area contributed by atoms with Gasteiger partial charge in [-0.05, 0) is 26.1 Å². The summed E-state index contributed by atoms with van der Waals surface area (Å²) in [4.78, 5) is 2.08. The second kappa shape index (κ2) is 3.32. The highest BCUT2D eigenvalue weighted by molar-refractivity contribution is 7.73. The van der Waals surface area contributed by atoms with Crippen LogP contribution in [0, 0.1) is 3.95 Å². The molecule has 0 saturated heterocycles. The van der Waals surface area contributed by atoms with Crippen LogP contribution in [0.25, 0.3) is 0 Å². The zero-order valence-corrected chi connectivity index (χ0v) is 8.42. The van der Waals surface area contributed by atoms with Gasteiger partial charge in [-0.2, -0.15) is 0 Å². The fourth-order valence-corrected chi connectivity index (χ4v) is 1.57. The minimum atomic E-state index is 0.462. The third-order valence-electron chi connectivity index (χ3n) is 1.50. The van der Waals surface area contributed by atoms with Crippen LogP contribution in [-0.2, 0) is 0 Å². The summed E-state index contributed by atoms with van der Waals surface area (Å²) >= 11 is 6.41. The van der Waals surface area contributed by atoms with Gasteiger partial charge in [0.25, 0.3) is 0 Å². The molecule has 0 aromatic carbocycles. The van der Waals surface area contributed by atoms with Crippen LogP contribution in [-0.4, -0.2) is 23.3 Å². The Morgan fingerprint density at radius 3 is 2.64 bits per heavy atom. The van der Waals surface area contributed by atoms with Crippen molar-refractivity contribution in [3.05, 3.63) is 3.95 Å². The minimum Gasteiger partial charge on any atom is -0.347 e. The SMILES string of the molecule is CC(C)N(C)c1n[nH]c(=S)s1. The van der Waals surface area contributed by atoms with Gasteiger partial charge in [0, 0.05) is 13.1 Å². The van der Waals surface area contributed by atoms with Gasteiger partial charge in [-0.15, -0.1) is 5.10 Å². The van der Waals surface area contributed by atoms with Crippen molar-refractivity contribution in [2.24, 2.45) is 0 Å². The lowest BCUT2D eigenvalue weighted by Gasteiger charge is -2.18. The van der Waals surface area contributed by atoms with Gasteiger partial charge in [0.2, 0.25) is 5.13 Å². The van der Waals surface area contributed by atoms with Crippen molar-refractivity contribution in [2.75, 3.05) is 11.9 Å². The number of rotatable bonds is 2. The molecule has 0 aliphatic heterocycles. The standard InChI is InChI=1S/C6H11N3S2/c1-4(2)9(3)5-7-8-6(10)11-5/h4H,1-3H3,(H,8,10). The monoisotopic (exact) mass is 189 g/mol. The average molecular weight is 189 g/mol. The zero-order chi connectivity index (χ0) is 8.43. The molecule has 1 rings (SSSR count). The molecular weight excluding hydrogens is 178 g/mol. The average Bonchev–Trinajstić information content (AvgIpc) is 2.34. The van der Waals surface area contributed by atoms with E-state index in [4.69, 9.17) is 12.2 Å². The first-order chi connectivity index (χ1) is 5.11. The number of aromatic amines is 1. The lowest BCUT2D eigenvalue weighted by atomic mass is 10.4. The highest BCUT2D eigenvalue weighted by Crippen LogP contribution is 2.17. The quantitative estimate of drug-likeness (QED) is 0.723. The number of hydrogen-bond acceptors (Lipinski definition) is 4. The van der Waals surface area contributed by atoms with E-state index >= 15 is 0 Å². The van der Waals surface area contributed by atoms with Crippen molar-refractivity contribution in [3.63, 3.8) is 0 Å². The summed E-state index contributed by atoms with van der Waals surface area (Å²) in [7, 11) is 2.01. The highest BCUT2D eigenvalue weighted by atomic mass is 32.1. The van der Waals surface area contributed by atoms with E-state index in [0.29, 0.717) is 6.04 Å². The Hall–Kier alpha value is -0.420. The summed E-state index contributed by atoms with van der Waals surface area (Å²) in [5.74, 6) is 0. The molecule has 0 fully saturated rings. The van der Waals surface area contributed by atoms with Gasteiger partial charge in [0.1, 0.15) is 0 Å². The van der Waals surface area contributed by atoms with Crippen LogP contribution in [0.15, 0.2) is 0 Å². The molecule has 0 aliphatic carbocycles. The third-order valence-corrected chi connectivity index (χ3v) is 2.68. The van der Waals surface area contributed by atoms with Crippen LogP contribution in [0.1, 0.15) is 13.8 Å². The predicted octanol–water partition coefficient (Wildman–Crippen LogP) is 2.05. The van der Waals surface area contributed by atoms with E-state index < -0.39 is 0 Å². The fourth-order valence-electron chi connectivity index (χ4n) is 0.594. The summed E-state index contributed by atoms with van der Waals surface area (Å²) in [6, 6.07) is 0.462. The number of hydrogen-bond donors (Lipinski definition) is 1. The molecule has 0 saturated carbocycles. The van der Waals surface area contributed by atoms with E-state index in [-0.39, 0.29) is 0 Å². The van der Waals surface area contributed by atoms with E-state index in [1.165, 1.54) is 11.3 Å². The lowest BCUT2D eigenvalue weighted by molar-refractivity contribution is 0.745. The van der Waals surface area contributed by atoms with Crippen LogP contribution in [0.4, 0.5) is 5.13 Å². The van der Waals surface area contributed by atoms with Crippen molar-refractivity contribution in [3.8, 4) is 0 Å². The van der Waals surface area contributed by atoms with Gasteiger partial charge in [-0.1, -0.05) is 11.3 Å². The molecule has 1 heterocycles. The molecule has 0 bridgehead atoms. The van der Waals surface area contributed by atoms with E-state index in [0.717, 1.165) is 9.09 Å². The summed E-state index contributed by atoms with van der Waals surface area (Å²) in [6.45, 7) is 4.23. The van der Waals surface area contributed by atoms with Crippen molar-refractivity contribution >= 4 is 28.7 Å². The summed E-state index contributed by atoms with van der Waals surface area (Å²) in [6.07, 6.45) is 0. The fraction of sp³-hybridized carbons (Fsp3) is 0.667. The number of anilines is 1. The molecule has 0 amide bonds. The van der Waals surface area contributed by atoms with E-state index in [9.17, 15) is 0 Å². The number of nitrogens with zero attached hydrogens (tertiary/aromatic N) is 2. The van der Waals surface area contributed by atoms with Crippen molar-refractivity contribution < 1.29 is 0 Å². The maximum Gasteiger partial charge on any atom is 0.206 e. The van der Waals surface area contributed by atoms with E-state index in [1.54, 1.807) is 0 Å². The second-order valence-electron chi connectivity index (χ2n) is 2.60. The summed E-state index contributed by atoms with van der Waals surface area (Å²) in [5, 5.41) is 7.75. The first kappa shape index (κ1) is 8.67. The molecule has 62 valence electrons. The zero-order valence-electron chi connectivity index (χ0n) is 6.79. The topological polar surface area (TPSA) is 31.9 Å². The Balaban J connectivity index is 2.84. The number of nitrogens with one attached hydrogen (secondary N) is 1. The largest absolute Gasteiger partial charge is 0.347 e. The van der Waals surface area contributed by atoms with Crippen LogP contribution in [0.3, 0.4) is 0 Å². The van der Waals surface area contributed by atoms with Crippen LogP contribution in [0.5, 0.6) is 0 Å². The predicted molar refractivity (Wildman–Crippen MR) is 50.8 cm³/mol. The van der Waals surface area contributed by atoms with Gasteiger partial charge in [0.15, 0.2) is 3.95 Å². The summed E-state index contributed by atoms with van der Waals surface area (Å²) < 4.78 is 0.729. The van der Waals surface area contributed by atoms with E-state index in [2.05, 4.69) is 28.9 Å². The minimum absolute atomic E-state index is 0.462. The Kier molecular flexibility index (Phi) is 2.62. The third kappa shape index (κ3) is 2.00. The van der Waals surface area contributed by atoms with Crippen molar-refractivity contribution in [1.82, 2.24) is 10.2 Å². The molecule has 1 aromatic heterocycles. The Morgan fingerprint density at radius 2 is 2.27 bits per heavy atom. The molecule has 1 N–H and O–H groups in total. The highest BCUT2D eigenvalue weighted by Gasteiger charge is 2.07. The number of aromatic nitrogens is 2. The van der Waals surface area contributed by atoms with Gasteiger partial charge in [-0.25, -0.2) is 0 Å². The van der Waals surface area contributed by atoms with Gasteiger partial charge in [0.05, 0.1) is 0 Å².